The second-order valence-electron chi connectivity index (χ2n) is 5.53. The normalized spacial score (nSPS) is 19.2. The van der Waals surface area contributed by atoms with Gasteiger partial charge in [-0.1, -0.05) is 24.4 Å². The van der Waals surface area contributed by atoms with Crippen LogP contribution in [0.3, 0.4) is 0 Å². The molecule has 0 bridgehead atoms. The fraction of sp³-hybridized carbons (Fsp3) is 0.500. The Hall–Kier alpha value is -1.78. The molecular weight excluding hydrogens is 292 g/mol. The fourth-order valence-electron chi connectivity index (χ4n) is 2.91. The summed E-state index contributed by atoms with van der Waals surface area (Å²) in [4.78, 5) is 0. The topological polar surface area (TPSA) is 43.0 Å². The molecule has 1 heterocycles. The molecule has 0 amide bonds. The molecular formula is C18H26N2O3. The zero-order chi connectivity index (χ0) is 16.7. The maximum Gasteiger partial charge on any atom is 0.160 e. The van der Waals surface area contributed by atoms with Crippen LogP contribution in [0.2, 0.25) is 0 Å². The summed E-state index contributed by atoms with van der Waals surface area (Å²) in [6.07, 6.45) is 2.27. The molecule has 2 rings (SSSR count). The maximum absolute atomic E-state index is 5.47. The van der Waals surface area contributed by atoms with Crippen LogP contribution in [-0.4, -0.2) is 45.5 Å². The summed E-state index contributed by atoms with van der Waals surface area (Å²) in [6, 6.07) is 8.15. The van der Waals surface area contributed by atoms with Gasteiger partial charge in [-0.05, 0) is 30.5 Å². The van der Waals surface area contributed by atoms with Gasteiger partial charge in [0.2, 0.25) is 0 Å². The number of hydrogen-bond acceptors (Lipinski definition) is 5. The molecule has 5 heteroatoms. The van der Waals surface area contributed by atoms with Crippen molar-refractivity contribution in [1.29, 1.82) is 0 Å². The summed E-state index contributed by atoms with van der Waals surface area (Å²) in [5.74, 6) is 1.49. The van der Waals surface area contributed by atoms with Gasteiger partial charge in [-0.15, -0.1) is 0 Å². The van der Waals surface area contributed by atoms with E-state index < -0.39 is 0 Å². The number of benzene rings is 1. The van der Waals surface area contributed by atoms with Crippen LogP contribution in [0.15, 0.2) is 42.3 Å². The highest BCUT2D eigenvalue weighted by Crippen LogP contribution is 2.26. The largest absolute Gasteiger partial charge is 0.497 e. The van der Waals surface area contributed by atoms with Crippen LogP contribution in [0.1, 0.15) is 24.4 Å². The van der Waals surface area contributed by atoms with Crippen molar-refractivity contribution in [3.05, 3.63) is 47.9 Å². The third-order valence-electron chi connectivity index (χ3n) is 4.14. The number of nitrogens with zero attached hydrogens (tertiary/aromatic N) is 1. The van der Waals surface area contributed by atoms with Crippen LogP contribution in [-0.2, 0) is 9.47 Å². The van der Waals surface area contributed by atoms with Crippen LogP contribution in [0, 0.1) is 0 Å². The Kier molecular flexibility index (Phi) is 6.68. The quantitative estimate of drug-likeness (QED) is 0.590. The molecule has 5 nitrogen and oxygen atoms in total. The minimum absolute atomic E-state index is 0.138. The van der Waals surface area contributed by atoms with Gasteiger partial charge in [0.1, 0.15) is 11.8 Å². The van der Waals surface area contributed by atoms with Crippen LogP contribution in [0.25, 0.3) is 0 Å². The van der Waals surface area contributed by atoms with E-state index in [1.165, 1.54) is 0 Å². The van der Waals surface area contributed by atoms with Crippen molar-refractivity contribution in [1.82, 2.24) is 10.4 Å². The van der Waals surface area contributed by atoms with E-state index in [4.69, 9.17) is 14.2 Å². The number of nitrogens with one attached hydrogen (secondary N) is 1. The lowest BCUT2D eigenvalue weighted by Gasteiger charge is -2.30. The fourth-order valence-corrected chi connectivity index (χ4v) is 2.91. The number of hydrazine groups is 1. The Bertz CT molecular complexity index is 538. The summed E-state index contributed by atoms with van der Waals surface area (Å²) in [7, 11) is 5.04. The molecule has 2 atom stereocenters. The van der Waals surface area contributed by atoms with Crippen molar-refractivity contribution in [3.8, 4) is 5.75 Å². The van der Waals surface area contributed by atoms with Crippen LogP contribution in [0.5, 0.6) is 5.75 Å². The molecule has 1 N–H and O–H groups in total. The summed E-state index contributed by atoms with van der Waals surface area (Å²) in [5, 5.41) is 2.23. The van der Waals surface area contributed by atoms with Gasteiger partial charge < -0.3 is 14.2 Å². The maximum atomic E-state index is 5.47. The van der Waals surface area contributed by atoms with Crippen molar-refractivity contribution in [2.75, 3.05) is 34.5 Å². The van der Waals surface area contributed by atoms with Crippen molar-refractivity contribution in [2.45, 2.75) is 24.9 Å². The first-order chi connectivity index (χ1) is 11.2. The van der Waals surface area contributed by atoms with Gasteiger partial charge in [0.05, 0.1) is 20.8 Å². The van der Waals surface area contributed by atoms with E-state index in [9.17, 15) is 0 Å². The SMILES string of the molecule is C=C=C(OC)[C@@H](NN1CCC[C@H]1COC)c1ccc(OC)cc1. The van der Waals surface area contributed by atoms with Gasteiger partial charge >= 0.3 is 0 Å². The summed E-state index contributed by atoms with van der Waals surface area (Å²) in [5.41, 5.74) is 7.52. The first-order valence-electron chi connectivity index (χ1n) is 7.83. The zero-order valence-electron chi connectivity index (χ0n) is 14.2. The van der Waals surface area contributed by atoms with Gasteiger partial charge in [0.25, 0.3) is 0 Å². The number of ether oxygens (including phenoxy) is 3. The zero-order valence-corrected chi connectivity index (χ0v) is 14.2. The lowest BCUT2D eigenvalue weighted by Crippen LogP contribution is -2.46. The van der Waals surface area contributed by atoms with Crippen molar-refractivity contribution in [3.63, 3.8) is 0 Å². The molecule has 0 unspecified atom stereocenters. The van der Waals surface area contributed by atoms with E-state index in [1.54, 1.807) is 21.3 Å². The van der Waals surface area contributed by atoms with Crippen molar-refractivity contribution in [2.24, 2.45) is 0 Å². The molecule has 0 aliphatic carbocycles. The Morgan fingerprint density at radius 2 is 2.09 bits per heavy atom. The standard InChI is InChI=1S/C18H26N2O3/c1-5-17(23-4)18(14-8-10-16(22-3)11-9-14)19-20-12-6-7-15(20)13-21-2/h8-11,15,18-19H,1,6-7,12-13H2,2-4H3/t15-,18-/m0/s1. The van der Waals surface area contributed by atoms with Gasteiger partial charge in [-0.3, -0.25) is 0 Å². The lowest BCUT2D eigenvalue weighted by atomic mass is 10.1. The Balaban J connectivity index is 2.21. The van der Waals surface area contributed by atoms with E-state index in [-0.39, 0.29) is 6.04 Å². The molecule has 1 aliphatic rings. The third kappa shape index (κ3) is 4.36. The molecule has 126 valence electrons. The molecule has 0 aromatic heterocycles. The highest BCUT2D eigenvalue weighted by molar-refractivity contribution is 5.32. The lowest BCUT2D eigenvalue weighted by molar-refractivity contribution is 0.0667. The number of hydrogen-bond donors (Lipinski definition) is 1. The van der Waals surface area contributed by atoms with E-state index >= 15 is 0 Å². The van der Waals surface area contributed by atoms with Gasteiger partial charge in [-0.25, -0.2) is 10.4 Å². The van der Waals surface area contributed by atoms with Crippen LogP contribution in [0.4, 0.5) is 0 Å². The highest BCUT2D eigenvalue weighted by atomic mass is 16.5. The van der Waals surface area contributed by atoms with E-state index in [1.807, 2.05) is 24.3 Å². The molecule has 1 aromatic rings. The number of methoxy groups -OCH3 is 3. The molecule has 0 radical (unpaired) electrons. The van der Waals surface area contributed by atoms with E-state index in [0.717, 1.165) is 30.7 Å². The van der Waals surface area contributed by atoms with Crippen LogP contribution >= 0.6 is 0 Å². The summed E-state index contributed by atoms with van der Waals surface area (Å²) >= 11 is 0. The minimum atomic E-state index is -0.138. The van der Waals surface area contributed by atoms with Crippen LogP contribution < -0.4 is 10.2 Å². The smallest absolute Gasteiger partial charge is 0.160 e. The first kappa shape index (κ1) is 17.6. The molecule has 1 aromatic carbocycles. The predicted molar refractivity (Wildman–Crippen MR) is 90.1 cm³/mol. The minimum Gasteiger partial charge on any atom is -0.497 e. The number of rotatable bonds is 8. The average Bonchev–Trinajstić information content (AvgIpc) is 3.02. The van der Waals surface area contributed by atoms with Crippen molar-refractivity contribution < 1.29 is 14.2 Å². The molecule has 23 heavy (non-hydrogen) atoms. The molecule has 1 aliphatic heterocycles. The third-order valence-corrected chi connectivity index (χ3v) is 4.14. The molecule has 0 saturated carbocycles. The van der Waals surface area contributed by atoms with Gasteiger partial charge in [0, 0.05) is 19.7 Å². The predicted octanol–water partition coefficient (Wildman–Crippen LogP) is 2.67. The molecule has 1 fully saturated rings. The van der Waals surface area contributed by atoms with Gasteiger partial charge in [-0.2, -0.15) is 0 Å². The monoisotopic (exact) mass is 318 g/mol. The van der Waals surface area contributed by atoms with Crippen molar-refractivity contribution >= 4 is 0 Å². The second-order valence-corrected chi connectivity index (χ2v) is 5.53. The Labute approximate surface area is 138 Å². The summed E-state index contributed by atoms with van der Waals surface area (Å²) in [6.45, 7) is 5.44. The Morgan fingerprint density at radius 1 is 1.35 bits per heavy atom. The van der Waals surface area contributed by atoms with Gasteiger partial charge in [0.15, 0.2) is 5.76 Å². The van der Waals surface area contributed by atoms with E-state index in [0.29, 0.717) is 18.4 Å². The average molecular weight is 318 g/mol. The molecule has 0 spiro atoms. The highest BCUT2D eigenvalue weighted by Gasteiger charge is 2.28. The first-order valence-corrected chi connectivity index (χ1v) is 7.83. The summed E-state index contributed by atoms with van der Waals surface area (Å²) < 4.78 is 16.0. The second kappa shape index (κ2) is 8.75. The Morgan fingerprint density at radius 3 is 2.65 bits per heavy atom. The van der Waals surface area contributed by atoms with E-state index in [2.05, 4.69) is 22.7 Å². The molecule has 1 saturated heterocycles.